The number of rotatable bonds is 6. The second-order valence-electron chi connectivity index (χ2n) is 6.96. The fourth-order valence-electron chi connectivity index (χ4n) is 3.28. The van der Waals surface area contributed by atoms with Crippen molar-refractivity contribution in [3.63, 3.8) is 0 Å². The van der Waals surface area contributed by atoms with Gasteiger partial charge in [0.15, 0.2) is 0 Å². The molecule has 1 aliphatic rings. The molecule has 12 heteroatoms. The van der Waals surface area contributed by atoms with Gasteiger partial charge in [-0.2, -0.15) is 13.2 Å². The third-order valence-corrected chi connectivity index (χ3v) is 4.90. The number of hydrogen-bond acceptors (Lipinski definition) is 5. The van der Waals surface area contributed by atoms with Gasteiger partial charge in [-0.1, -0.05) is 0 Å². The van der Waals surface area contributed by atoms with Crippen molar-refractivity contribution in [2.75, 3.05) is 37.7 Å². The van der Waals surface area contributed by atoms with Gasteiger partial charge in [-0.25, -0.2) is 8.78 Å². The predicted octanol–water partition coefficient (Wildman–Crippen LogP) is 4.22. The number of non-ortho nitro benzene ring substituents is 1. The maximum atomic E-state index is 12.9. The first-order valence-corrected chi connectivity index (χ1v) is 9.47. The van der Waals surface area contributed by atoms with Crippen LogP contribution >= 0.6 is 0 Å². The van der Waals surface area contributed by atoms with E-state index in [1.807, 2.05) is 0 Å². The molecule has 0 saturated carbocycles. The highest BCUT2D eigenvalue weighted by molar-refractivity contribution is 5.97. The van der Waals surface area contributed by atoms with Crippen LogP contribution in [-0.2, 0) is 6.18 Å². The fraction of sp³-hybridized carbons (Fsp3) is 0.350. The molecule has 0 aromatic heterocycles. The maximum Gasteiger partial charge on any atom is 0.416 e. The first-order valence-electron chi connectivity index (χ1n) is 9.47. The summed E-state index contributed by atoms with van der Waals surface area (Å²) in [5, 5.41) is 11.1. The molecule has 1 heterocycles. The Labute approximate surface area is 179 Å². The number of nitro groups is 1. The first-order chi connectivity index (χ1) is 15.1. The zero-order valence-corrected chi connectivity index (χ0v) is 16.5. The standard InChI is InChI=1S/C20H18F5N3O4/c21-18(22)12-32-17-6-5-15(28(30)31)11-16(17)19(29)27-9-7-26(8-10-27)14-3-1-13(2-4-14)20(23,24)25/h1-6,11,18H,7-10,12H2. The van der Waals surface area contributed by atoms with Gasteiger partial charge in [0, 0.05) is 44.0 Å². The number of benzene rings is 2. The monoisotopic (exact) mass is 459 g/mol. The SMILES string of the molecule is O=C(c1cc([N+](=O)[O-])ccc1OCC(F)F)N1CCN(c2ccc(C(F)(F)F)cc2)CC1. The Morgan fingerprint density at radius 1 is 1.06 bits per heavy atom. The van der Waals surface area contributed by atoms with E-state index in [0.717, 1.165) is 30.3 Å². The topological polar surface area (TPSA) is 75.9 Å². The van der Waals surface area contributed by atoms with E-state index >= 15 is 0 Å². The van der Waals surface area contributed by atoms with Crippen LogP contribution in [0.1, 0.15) is 15.9 Å². The van der Waals surface area contributed by atoms with Crippen LogP contribution in [0.3, 0.4) is 0 Å². The van der Waals surface area contributed by atoms with Crippen molar-refractivity contribution in [1.82, 2.24) is 4.90 Å². The Morgan fingerprint density at radius 2 is 1.69 bits per heavy atom. The average molecular weight is 459 g/mol. The van der Waals surface area contributed by atoms with Crippen molar-refractivity contribution in [2.45, 2.75) is 12.6 Å². The average Bonchev–Trinajstić information content (AvgIpc) is 2.76. The molecule has 0 radical (unpaired) electrons. The molecule has 32 heavy (non-hydrogen) atoms. The maximum absolute atomic E-state index is 12.9. The van der Waals surface area contributed by atoms with Gasteiger partial charge in [0.2, 0.25) is 0 Å². The predicted molar refractivity (Wildman–Crippen MR) is 104 cm³/mol. The number of nitrogens with zero attached hydrogens (tertiary/aromatic N) is 3. The van der Waals surface area contributed by atoms with Gasteiger partial charge in [0.1, 0.15) is 12.4 Å². The largest absolute Gasteiger partial charge is 0.487 e. The summed E-state index contributed by atoms with van der Waals surface area (Å²) in [5.41, 5.74) is -0.803. The number of halogens is 5. The van der Waals surface area contributed by atoms with Gasteiger partial charge in [-0.15, -0.1) is 0 Å². The van der Waals surface area contributed by atoms with Crippen LogP contribution in [0.25, 0.3) is 0 Å². The number of carbonyl (C=O) groups excluding carboxylic acids is 1. The summed E-state index contributed by atoms with van der Waals surface area (Å²) in [6.07, 6.45) is -7.23. The summed E-state index contributed by atoms with van der Waals surface area (Å²) in [5.74, 6) is -0.809. The lowest BCUT2D eigenvalue weighted by atomic mass is 10.1. The Balaban J connectivity index is 1.72. The van der Waals surface area contributed by atoms with Crippen molar-refractivity contribution in [1.29, 1.82) is 0 Å². The highest BCUT2D eigenvalue weighted by atomic mass is 19.4. The minimum absolute atomic E-state index is 0.177. The molecule has 1 aliphatic heterocycles. The number of piperazine rings is 1. The molecule has 172 valence electrons. The molecule has 0 bridgehead atoms. The van der Waals surface area contributed by atoms with E-state index in [1.165, 1.54) is 17.0 Å². The van der Waals surface area contributed by atoms with E-state index in [9.17, 15) is 36.9 Å². The van der Waals surface area contributed by atoms with Crippen LogP contribution in [0.15, 0.2) is 42.5 Å². The molecule has 2 aromatic carbocycles. The number of amides is 1. The van der Waals surface area contributed by atoms with Crippen molar-refractivity contribution < 1.29 is 36.4 Å². The summed E-state index contributed by atoms with van der Waals surface area (Å²) in [7, 11) is 0. The zero-order chi connectivity index (χ0) is 23.5. The number of nitro benzene ring substituents is 1. The fourth-order valence-corrected chi connectivity index (χ4v) is 3.28. The summed E-state index contributed by atoms with van der Waals surface area (Å²) in [4.78, 5) is 26.5. The molecule has 0 aliphatic carbocycles. The first kappa shape index (κ1) is 23.2. The van der Waals surface area contributed by atoms with Crippen LogP contribution in [0.5, 0.6) is 5.75 Å². The van der Waals surface area contributed by atoms with Crippen LogP contribution in [-0.4, -0.2) is 54.9 Å². The molecule has 1 amide bonds. The van der Waals surface area contributed by atoms with Crippen LogP contribution in [0.2, 0.25) is 0 Å². The Kier molecular flexibility index (Phi) is 6.80. The number of carbonyl (C=O) groups is 1. The molecular formula is C20H18F5N3O4. The van der Waals surface area contributed by atoms with E-state index < -0.39 is 35.6 Å². The number of ether oxygens (including phenoxy) is 1. The molecule has 0 N–H and O–H groups in total. The Morgan fingerprint density at radius 3 is 2.22 bits per heavy atom. The summed E-state index contributed by atoms with van der Waals surface area (Å²) < 4.78 is 68.1. The smallest absolute Gasteiger partial charge is 0.416 e. The van der Waals surface area contributed by atoms with Gasteiger partial charge in [0.05, 0.1) is 16.1 Å². The van der Waals surface area contributed by atoms with Crippen LogP contribution < -0.4 is 9.64 Å². The lowest BCUT2D eigenvalue weighted by molar-refractivity contribution is -0.384. The quantitative estimate of drug-likeness (QED) is 0.367. The van der Waals surface area contributed by atoms with Gasteiger partial charge < -0.3 is 14.5 Å². The molecule has 2 aromatic rings. The van der Waals surface area contributed by atoms with Crippen molar-refractivity contribution in [3.05, 3.63) is 63.7 Å². The van der Waals surface area contributed by atoms with E-state index in [-0.39, 0.29) is 30.1 Å². The van der Waals surface area contributed by atoms with Crippen LogP contribution in [0.4, 0.5) is 33.3 Å². The van der Waals surface area contributed by atoms with Gasteiger partial charge in [0.25, 0.3) is 18.0 Å². The molecule has 3 rings (SSSR count). The third-order valence-electron chi connectivity index (χ3n) is 4.90. The highest BCUT2D eigenvalue weighted by Gasteiger charge is 2.31. The molecule has 1 fully saturated rings. The second-order valence-corrected chi connectivity index (χ2v) is 6.96. The van der Waals surface area contributed by atoms with Crippen molar-refractivity contribution in [2.24, 2.45) is 0 Å². The van der Waals surface area contributed by atoms with Crippen molar-refractivity contribution in [3.8, 4) is 5.75 Å². The van der Waals surface area contributed by atoms with E-state index in [1.54, 1.807) is 4.90 Å². The number of hydrogen-bond donors (Lipinski definition) is 0. The summed E-state index contributed by atoms with van der Waals surface area (Å²) >= 11 is 0. The normalized spacial score (nSPS) is 14.6. The Bertz CT molecular complexity index is 974. The van der Waals surface area contributed by atoms with E-state index in [0.29, 0.717) is 18.8 Å². The molecule has 0 atom stereocenters. The lowest BCUT2D eigenvalue weighted by Crippen LogP contribution is -2.48. The minimum atomic E-state index is -4.44. The van der Waals surface area contributed by atoms with Crippen LogP contribution in [0, 0.1) is 10.1 Å². The van der Waals surface area contributed by atoms with Gasteiger partial charge in [-0.05, 0) is 30.3 Å². The molecule has 0 unspecified atom stereocenters. The lowest BCUT2D eigenvalue weighted by Gasteiger charge is -2.36. The molecule has 1 saturated heterocycles. The van der Waals surface area contributed by atoms with Gasteiger partial charge in [-0.3, -0.25) is 14.9 Å². The second kappa shape index (κ2) is 9.37. The summed E-state index contributed by atoms with van der Waals surface area (Å²) in [6.45, 7) is -0.00797. The van der Waals surface area contributed by atoms with Gasteiger partial charge >= 0.3 is 6.18 Å². The molecular weight excluding hydrogens is 441 g/mol. The summed E-state index contributed by atoms with van der Waals surface area (Å²) in [6, 6.07) is 7.77. The number of alkyl halides is 5. The minimum Gasteiger partial charge on any atom is -0.487 e. The van der Waals surface area contributed by atoms with E-state index in [2.05, 4.69) is 0 Å². The van der Waals surface area contributed by atoms with E-state index in [4.69, 9.17) is 4.74 Å². The van der Waals surface area contributed by atoms with Crippen molar-refractivity contribution >= 4 is 17.3 Å². The Hall–Kier alpha value is -3.44. The highest BCUT2D eigenvalue weighted by Crippen LogP contribution is 2.31. The molecule has 0 spiro atoms. The molecule has 7 nitrogen and oxygen atoms in total. The number of anilines is 1. The zero-order valence-electron chi connectivity index (χ0n) is 16.5. The third kappa shape index (κ3) is 5.42.